The van der Waals surface area contributed by atoms with Gasteiger partial charge in [0.1, 0.15) is 0 Å². The van der Waals surface area contributed by atoms with Gasteiger partial charge in [0.25, 0.3) is 0 Å². The molecule has 0 aromatic carbocycles. The third-order valence-corrected chi connectivity index (χ3v) is 4.72. The molecule has 0 radical (unpaired) electrons. The van der Waals surface area contributed by atoms with Crippen LogP contribution in [0.15, 0.2) is 0 Å². The first kappa shape index (κ1) is 18.9. The van der Waals surface area contributed by atoms with Gasteiger partial charge in [0.05, 0.1) is 13.2 Å². The number of hydrogen-bond acceptors (Lipinski definition) is 4. The van der Waals surface area contributed by atoms with Crippen LogP contribution in [0.3, 0.4) is 0 Å². The van der Waals surface area contributed by atoms with Crippen LogP contribution in [0.5, 0.6) is 0 Å². The van der Waals surface area contributed by atoms with E-state index in [9.17, 15) is 0 Å². The largest absolute Gasteiger partial charge is 0.383 e. The van der Waals surface area contributed by atoms with E-state index in [-0.39, 0.29) is 0 Å². The van der Waals surface area contributed by atoms with Crippen LogP contribution in [-0.2, 0) is 9.47 Å². The summed E-state index contributed by atoms with van der Waals surface area (Å²) >= 11 is 0. The highest BCUT2D eigenvalue weighted by Crippen LogP contribution is 2.31. The van der Waals surface area contributed by atoms with Crippen molar-refractivity contribution in [3.63, 3.8) is 0 Å². The van der Waals surface area contributed by atoms with E-state index in [1.54, 1.807) is 14.2 Å². The van der Waals surface area contributed by atoms with Crippen LogP contribution in [0.25, 0.3) is 0 Å². The van der Waals surface area contributed by atoms with Gasteiger partial charge in [0.15, 0.2) is 0 Å². The van der Waals surface area contributed by atoms with Crippen molar-refractivity contribution in [3.8, 4) is 0 Å². The molecular weight excluding hydrogens is 264 g/mol. The first-order valence-electron chi connectivity index (χ1n) is 8.72. The molecule has 0 heterocycles. The van der Waals surface area contributed by atoms with E-state index in [2.05, 4.69) is 24.1 Å². The second kappa shape index (κ2) is 11.4. The number of ether oxygens (including phenoxy) is 2. The Kier molecular flexibility index (Phi) is 10.3. The summed E-state index contributed by atoms with van der Waals surface area (Å²) in [7, 11) is 3.58. The SMILES string of the molecule is CCCC1CCC(NCC)C(N(CCOC)CCOC)C1. The molecule has 1 saturated carbocycles. The summed E-state index contributed by atoms with van der Waals surface area (Å²) in [5.74, 6) is 0.891. The smallest absolute Gasteiger partial charge is 0.0589 e. The molecule has 3 unspecified atom stereocenters. The first-order chi connectivity index (χ1) is 10.3. The molecule has 1 aliphatic carbocycles. The Morgan fingerprint density at radius 1 is 1.05 bits per heavy atom. The minimum Gasteiger partial charge on any atom is -0.383 e. The Hall–Kier alpha value is -0.160. The predicted molar refractivity (Wildman–Crippen MR) is 88.8 cm³/mol. The third kappa shape index (κ3) is 6.64. The molecule has 0 spiro atoms. The zero-order chi connectivity index (χ0) is 15.5. The molecule has 126 valence electrons. The van der Waals surface area contributed by atoms with Gasteiger partial charge in [-0.05, 0) is 31.7 Å². The quantitative estimate of drug-likeness (QED) is 0.636. The lowest BCUT2D eigenvalue weighted by atomic mass is 9.79. The zero-order valence-corrected chi connectivity index (χ0v) is 14.6. The molecule has 1 fully saturated rings. The summed E-state index contributed by atoms with van der Waals surface area (Å²) in [4.78, 5) is 2.59. The molecule has 1 N–H and O–H groups in total. The normalized spacial score (nSPS) is 26.4. The van der Waals surface area contributed by atoms with Crippen LogP contribution in [0.2, 0.25) is 0 Å². The van der Waals surface area contributed by atoms with E-state index >= 15 is 0 Å². The van der Waals surface area contributed by atoms with Gasteiger partial charge in [0, 0.05) is 39.4 Å². The Balaban J connectivity index is 2.68. The maximum Gasteiger partial charge on any atom is 0.0589 e. The lowest BCUT2D eigenvalue weighted by Crippen LogP contribution is -2.54. The van der Waals surface area contributed by atoms with Crippen molar-refractivity contribution in [2.75, 3.05) is 47.1 Å². The van der Waals surface area contributed by atoms with E-state index in [1.165, 1.54) is 32.1 Å². The number of methoxy groups -OCH3 is 2. The molecule has 21 heavy (non-hydrogen) atoms. The second-order valence-electron chi connectivity index (χ2n) is 6.22. The van der Waals surface area contributed by atoms with Crippen LogP contribution >= 0.6 is 0 Å². The van der Waals surface area contributed by atoms with Crippen LogP contribution in [0.4, 0.5) is 0 Å². The number of likely N-dealkylation sites (N-methyl/N-ethyl adjacent to an activating group) is 1. The Morgan fingerprint density at radius 2 is 1.71 bits per heavy atom. The van der Waals surface area contributed by atoms with Gasteiger partial charge >= 0.3 is 0 Å². The molecule has 0 aromatic heterocycles. The maximum absolute atomic E-state index is 5.31. The van der Waals surface area contributed by atoms with Gasteiger partial charge in [0.2, 0.25) is 0 Å². The first-order valence-corrected chi connectivity index (χ1v) is 8.72. The summed E-state index contributed by atoms with van der Waals surface area (Å²) in [5.41, 5.74) is 0. The minimum absolute atomic E-state index is 0.622. The maximum atomic E-state index is 5.31. The fourth-order valence-electron chi connectivity index (χ4n) is 3.67. The van der Waals surface area contributed by atoms with Crippen molar-refractivity contribution in [1.29, 1.82) is 0 Å². The van der Waals surface area contributed by atoms with Crippen molar-refractivity contribution < 1.29 is 9.47 Å². The molecule has 0 aliphatic heterocycles. The summed E-state index contributed by atoms with van der Waals surface area (Å²) in [6.45, 7) is 9.19. The average Bonchev–Trinajstić information content (AvgIpc) is 2.50. The minimum atomic E-state index is 0.622. The predicted octanol–water partition coefficient (Wildman–Crippen LogP) is 2.53. The number of nitrogens with one attached hydrogen (secondary N) is 1. The average molecular weight is 300 g/mol. The molecule has 0 amide bonds. The van der Waals surface area contributed by atoms with Crippen LogP contribution in [0, 0.1) is 5.92 Å². The molecule has 1 aliphatic rings. The van der Waals surface area contributed by atoms with E-state index in [4.69, 9.17) is 9.47 Å². The Bertz CT molecular complexity index is 243. The molecule has 3 atom stereocenters. The highest BCUT2D eigenvalue weighted by atomic mass is 16.5. The van der Waals surface area contributed by atoms with Gasteiger partial charge in [-0.15, -0.1) is 0 Å². The monoisotopic (exact) mass is 300 g/mol. The van der Waals surface area contributed by atoms with Gasteiger partial charge in [-0.1, -0.05) is 26.7 Å². The van der Waals surface area contributed by atoms with Gasteiger partial charge in [-0.3, -0.25) is 4.90 Å². The van der Waals surface area contributed by atoms with Crippen LogP contribution in [-0.4, -0.2) is 64.1 Å². The molecule has 4 heteroatoms. The number of nitrogens with zero attached hydrogens (tertiary/aromatic N) is 1. The highest BCUT2D eigenvalue weighted by molar-refractivity contribution is 4.91. The fourth-order valence-corrected chi connectivity index (χ4v) is 3.67. The van der Waals surface area contributed by atoms with Gasteiger partial charge < -0.3 is 14.8 Å². The second-order valence-corrected chi connectivity index (χ2v) is 6.22. The van der Waals surface area contributed by atoms with Crippen LogP contribution < -0.4 is 5.32 Å². The zero-order valence-electron chi connectivity index (χ0n) is 14.6. The Morgan fingerprint density at radius 3 is 2.24 bits per heavy atom. The van der Waals surface area contributed by atoms with Gasteiger partial charge in [-0.2, -0.15) is 0 Å². The summed E-state index contributed by atoms with van der Waals surface area (Å²) < 4.78 is 10.6. The molecule has 0 aromatic rings. The third-order valence-electron chi connectivity index (χ3n) is 4.72. The van der Waals surface area contributed by atoms with Crippen LogP contribution in [0.1, 0.15) is 46.0 Å². The molecule has 0 saturated heterocycles. The van der Waals surface area contributed by atoms with E-state index in [0.717, 1.165) is 38.8 Å². The standard InChI is InChI=1S/C17H36N2O2/c1-5-7-15-8-9-16(18-6-2)17(14-15)19(10-12-20-3)11-13-21-4/h15-18H,5-14H2,1-4H3. The fraction of sp³-hybridized carbons (Fsp3) is 1.00. The summed E-state index contributed by atoms with van der Waals surface area (Å²) in [6, 6.07) is 1.25. The van der Waals surface area contributed by atoms with Crippen molar-refractivity contribution in [3.05, 3.63) is 0 Å². The van der Waals surface area contributed by atoms with E-state index in [1.807, 2.05) is 0 Å². The molecule has 4 nitrogen and oxygen atoms in total. The van der Waals surface area contributed by atoms with Crippen molar-refractivity contribution in [2.45, 2.75) is 58.0 Å². The highest BCUT2D eigenvalue weighted by Gasteiger charge is 2.33. The molecular formula is C17H36N2O2. The van der Waals surface area contributed by atoms with Gasteiger partial charge in [-0.25, -0.2) is 0 Å². The van der Waals surface area contributed by atoms with Crippen molar-refractivity contribution in [1.82, 2.24) is 10.2 Å². The van der Waals surface area contributed by atoms with Crippen molar-refractivity contribution in [2.24, 2.45) is 5.92 Å². The molecule has 0 bridgehead atoms. The summed E-state index contributed by atoms with van der Waals surface area (Å²) in [5, 5.41) is 3.71. The van der Waals surface area contributed by atoms with E-state index < -0.39 is 0 Å². The van der Waals surface area contributed by atoms with E-state index in [0.29, 0.717) is 12.1 Å². The summed E-state index contributed by atoms with van der Waals surface area (Å²) in [6.07, 6.45) is 6.68. The topological polar surface area (TPSA) is 33.7 Å². The number of hydrogen-bond donors (Lipinski definition) is 1. The van der Waals surface area contributed by atoms with Crippen molar-refractivity contribution >= 4 is 0 Å². The lowest BCUT2D eigenvalue weighted by molar-refractivity contribution is 0.0464. The molecule has 1 rings (SSSR count). The lowest BCUT2D eigenvalue weighted by Gasteiger charge is -2.43. The number of rotatable bonds is 11. The Labute approximate surface area is 131 Å².